The molecule has 4 unspecified atom stereocenters. The molecule has 0 aromatic rings. The van der Waals surface area contributed by atoms with Crippen LogP contribution in [0.1, 0.15) is 32.1 Å². The summed E-state index contributed by atoms with van der Waals surface area (Å²) < 4.78 is 0. The van der Waals surface area contributed by atoms with Crippen molar-refractivity contribution in [3.05, 3.63) is 0 Å². The lowest BCUT2D eigenvalue weighted by Gasteiger charge is -2.52. The van der Waals surface area contributed by atoms with Crippen LogP contribution in [0.3, 0.4) is 0 Å². The smallest absolute Gasteiger partial charge is 0.0145 e. The van der Waals surface area contributed by atoms with Crippen LogP contribution in [-0.2, 0) is 0 Å². The van der Waals surface area contributed by atoms with Crippen LogP contribution in [0.25, 0.3) is 0 Å². The third-order valence-corrected chi connectivity index (χ3v) is 5.53. The first-order chi connectivity index (χ1) is 8.29. The zero-order chi connectivity index (χ0) is 11.8. The molecule has 0 amide bonds. The molecule has 3 heteroatoms. The molecule has 0 spiro atoms. The first-order valence-corrected chi connectivity index (χ1v) is 7.44. The van der Waals surface area contributed by atoms with Gasteiger partial charge in [0.25, 0.3) is 0 Å². The Labute approximate surface area is 105 Å². The Bertz CT molecular complexity index is 266. The quantitative estimate of drug-likeness (QED) is 0.782. The number of hydrogen-bond donors (Lipinski definition) is 1. The maximum Gasteiger partial charge on any atom is 0.0145 e. The fourth-order valence-corrected chi connectivity index (χ4v) is 4.29. The summed E-state index contributed by atoms with van der Waals surface area (Å²) in [5, 5.41) is 0. The van der Waals surface area contributed by atoms with E-state index >= 15 is 0 Å². The lowest BCUT2D eigenvalue weighted by Crippen LogP contribution is -2.58. The van der Waals surface area contributed by atoms with Gasteiger partial charge >= 0.3 is 0 Å². The van der Waals surface area contributed by atoms with Gasteiger partial charge in [-0.05, 0) is 70.6 Å². The molecule has 3 fully saturated rings. The van der Waals surface area contributed by atoms with E-state index in [0.717, 1.165) is 30.5 Å². The number of hydrogen-bond acceptors (Lipinski definition) is 3. The second kappa shape index (κ2) is 4.87. The lowest BCUT2D eigenvalue weighted by molar-refractivity contribution is -0.0183. The zero-order valence-electron chi connectivity index (χ0n) is 11.1. The summed E-state index contributed by atoms with van der Waals surface area (Å²) in [7, 11) is 2.32. The Morgan fingerprint density at radius 2 is 1.94 bits per heavy atom. The third kappa shape index (κ3) is 2.13. The second-order valence-electron chi connectivity index (χ2n) is 6.37. The first kappa shape index (κ1) is 11.9. The molecule has 3 rings (SSSR count). The molecule has 3 nitrogen and oxygen atoms in total. The highest BCUT2D eigenvalue weighted by Gasteiger charge is 2.40. The van der Waals surface area contributed by atoms with Gasteiger partial charge in [0.05, 0.1) is 0 Å². The molecule has 0 aromatic carbocycles. The van der Waals surface area contributed by atoms with Gasteiger partial charge in [-0.25, -0.2) is 0 Å². The summed E-state index contributed by atoms with van der Waals surface area (Å²) in [6.07, 6.45) is 7.00. The molecule has 4 atom stereocenters. The Hall–Kier alpha value is -0.120. The van der Waals surface area contributed by atoms with Crippen molar-refractivity contribution in [2.75, 3.05) is 33.2 Å². The van der Waals surface area contributed by atoms with Crippen molar-refractivity contribution in [1.82, 2.24) is 9.80 Å². The van der Waals surface area contributed by atoms with Crippen LogP contribution < -0.4 is 5.73 Å². The average Bonchev–Trinajstić information content (AvgIpc) is 2.28. The van der Waals surface area contributed by atoms with E-state index in [1.54, 1.807) is 0 Å². The van der Waals surface area contributed by atoms with Crippen LogP contribution in [-0.4, -0.2) is 55.1 Å². The molecule has 2 heterocycles. The summed E-state index contributed by atoms with van der Waals surface area (Å²) in [5.74, 6) is 1.73. The van der Waals surface area contributed by atoms with Crippen molar-refractivity contribution >= 4 is 0 Å². The minimum atomic E-state index is 0.799. The average molecular weight is 237 g/mol. The van der Waals surface area contributed by atoms with Crippen LogP contribution in [0.2, 0.25) is 0 Å². The summed E-state index contributed by atoms with van der Waals surface area (Å²) in [6.45, 7) is 4.87. The van der Waals surface area contributed by atoms with Gasteiger partial charge in [-0.2, -0.15) is 0 Å². The van der Waals surface area contributed by atoms with Gasteiger partial charge < -0.3 is 10.6 Å². The van der Waals surface area contributed by atoms with Crippen LogP contribution in [0.4, 0.5) is 0 Å². The summed E-state index contributed by atoms with van der Waals surface area (Å²) in [5.41, 5.74) is 5.85. The fourth-order valence-electron chi connectivity index (χ4n) is 4.29. The van der Waals surface area contributed by atoms with Gasteiger partial charge in [-0.3, -0.25) is 4.90 Å². The highest BCUT2D eigenvalue weighted by molar-refractivity contribution is 4.96. The number of rotatable bonds is 2. The highest BCUT2D eigenvalue weighted by Crippen LogP contribution is 2.37. The molecule has 0 aromatic heterocycles. The molecule has 0 radical (unpaired) electrons. The van der Waals surface area contributed by atoms with Crippen LogP contribution >= 0.6 is 0 Å². The lowest BCUT2D eigenvalue weighted by atomic mass is 9.75. The molecule has 0 bridgehead atoms. The number of fused-ring (bicyclic) bond motifs is 1. The molecule has 98 valence electrons. The second-order valence-corrected chi connectivity index (χ2v) is 6.37. The summed E-state index contributed by atoms with van der Waals surface area (Å²) in [6, 6.07) is 1.70. The van der Waals surface area contributed by atoms with Crippen molar-refractivity contribution in [2.24, 2.45) is 17.6 Å². The third-order valence-electron chi connectivity index (χ3n) is 5.53. The SMILES string of the molecule is CN1CCCC2CN(C3CCC3CN)CCC21. The van der Waals surface area contributed by atoms with E-state index in [4.69, 9.17) is 5.73 Å². The van der Waals surface area contributed by atoms with Crippen molar-refractivity contribution in [2.45, 2.75) is 44.2 Å². The Balaban J connectivity index is 1.60. The van der Waals surface area contributed by atoms with E-state index in [0.29, 0.717) is 0 Å². The molecule has 17 heavy (non-hydrogen) atoms. The van der Waals surface area contributed by atoms with Gasteiger partial charge in [-0.15, -0.1) is 0 Å². The Kier molecular flexibility index (Phi) is 3.42. The summed E-state index contributed by atoms with van der Waals surface area (Å²) >= 11 is 0. The molecule has 2 saturated heterocycles. The first-order valence-electron chi connectivity index (χ1n) is 7.44. The van der Waals surface area contributed by atoms with E-state index in [9.17, 15) is 0 Å². The monoisotopic (exact) mass is 237 g/mol. The van der Waals surface area contributed by atoms with E-state index in [1.165, 1.54) is 51.7 Å². The number of nitrogens with zero attached hydrogens (tertiary/aromatic N) is 2. The molecule has 2 N–H and O–H groups in total. The molecular formula is C14H27N3. The zero-order valence-corrected chi connectivity index (χ0v) is 11.1. The van der Waals surface area contributed by atoms with Crippen molar-refractivity contribution in [3.63, 3.8) is 0 Å². The standard InChI is InChI=1S/C14H27N3/c1-16-7-2-3-12-10-17(8-6-13(12)16)14-5-4-11(14)9-15/h11-14H,2-10,15H2,1H3. The van der Waals surface area contributed by atoms with Crippen molar-refractivity contribution < 1.29 is 0 Å². The number of likely N-dealkylation sites (tertiary alicyclic amines) is 2. The van der Waals surface area contributed by atoms with Crippen LogP contribution in [0.5, 0.6) is 0 Å². The normalized spacial score (nSPS) is 44.1. The minimum absolute atomic E-state index is 0.799. The molecule has 1 aliphatic carbocycles. The van der Waals surface area contributed by atoms with Crippen LogP contribution in [0, 0.1) is 11.8 Å². The maximum atomic E-state index is 5.85. The molecule has 2 aliphatic heterocycles. The van der Waals surface area contributed by atoms with Crippen molar-refractivity contribution in [3.8, 4) is 0 Å². The van der Waals surface area contributed by atoms with E-state index in [-0.39, 0.29) is 0 Å². The van der Waals surface area contributed by atoms with Gasteiger partial charge in [0.2, 0.25) is 0 Å². The van der Waals surface area contributed by atoms with Gasteiger partial charge in [-0.1, -0.05) is 0 Å². The molecule has 3 aliphatic rings. The Morgan fingerprint density at radius 3 is 2.65 bits per heavy atom. The fraction of sp³-hybridized carbons (Fsp3) is 1.00. The van der Waals surface area contributed by atoms with Gasteiger partial charge in [0.15, 0.2) is 0 Å². The number of nitrogens with two attached hydrogens (primary N) is 1. The highest BCUT2D eigenvalue weighted by atomic mass is 15.2. The van der Waals surface area contributed by atoms with E-state index in [2.05, 4.69) is 16.8 Å². The molecule has 1 saturated carbocycles. The maximum absolute atomic E-state index is 5.85. The summed E-state index contributed by atoms with van der Waals surface area (Å²) in [4.78, 5) is 5.37. The van der Waals surface area contributed by atoms with Gasteiger partial charge in [0, 0.05) is 18.6 Å². The Morgan fingerprint density at radius 1 is 1.06 bits per heavy atom. The topological polar surface area (TPSA) is 32.5 Å². The van der Waals surface area contributed by atoms with Crippen LogP contribution in [0.15, 0.2) is 0 Å². The predicted molar refractivity (Wildman–Crippen MR) is 70.9 cm³/mol. The number of piperidine rings is 2. The predicted octanol–water partition coefficient (Wildman–Crippen LogP) is 1.14. The largest absolute Gasteiger partial charge is 0.330 e. The van der Waals surface area contributed by atoms with Crippen molar-refractivity contribution in [1.29, 1.82) is 0 Å². The minimum Gasteiger partial charge on any atom is -0.330 e. The van der Waals surface area contributed by atoms with E-state index in [1.807, 2.05) is 0 Å². The van der Waals surface area contributed by atoms with E-state index < -0.39 is 0 Å². The molecular weight excluding hydrogens is 210 g/mol. The van der Waals surface area contributed by atoms with Gasteiger partial charge in [0.1, 0.15) is 0 Å².